The number of benzene rings is 3. The van der Waals surface area contributed by atoms with Gasteiger partial charge in [0.1, 0.15) is 23.6 Å². The molecule has 36 nitrogen and oxygen atoms in total. The molecule has 0 radical (unpaired) electrons. The molecule has 0 aliphatic carbocycles. The number of hydrogen-bond acceptors (Lipinski definition) is 30. The van der Waals surface area contributed by atoms with E-state index in [0.717, 1.165) is 60.2 Å². The number of H-pyrrole nitrogens is 1. The number of para-hydroxylation sites is 1. The predicted molar refractivity (Wildman–Crippen MR) is 513 cm³/mol. The molecule has 6 aromatic rings. The van der Waals surface area contributed by atoms with Gasteiger partial charge < -0.3 is 96.1 Å². The summed E-state index contributed by atoms with van der Waals surface area (Å²) in [4.78, 5) is 150. The summed E-state index contributed by atoms with van der Waals surface area (Å²) in [5.74, 6) is -8.93. The lowest BCUT2D eigenvalue weighted by Crippen LogP contribution is -2.58. The summed E-state index contributed by atoms with van der Waals surface area (Å²) in [5.41, 5.74) is 9.64. The van der Waals surface area contributed by atoms with Gasteiger partial charge in [-0.25, -0.2) is 24.2 Å². The number of aliphatic carboxylic acids is 2. The van der Waals surface area contributed by atoms with E-state index in [1.165, 1.54) is 61.5 Å². The van der Waals surface area contributed by atoms with Crippen LogP contribution in [0.2, 0.25) is 0 Å². The topological polar surface area (TPSA) is 503 Å². The second-order valence-corrected chi connectivity index (χ2v) is 43.2. The van der Waals surface area contributed by atoms with Gasteiger partial charge in [0.25, 0.3) is 11.5 Å². The van der Waals surface area contributed by atoms with Gasteiger partial charge in [-0.15, -0.1) is 5.10 Å². The first kappa shape index (κ1) is 103. The fourth-order valence-electron chi connectivity index (χ4n) is 20.5. The Bertz CT molecular complexity index is 5240. The van der Waals surface area contributed by atoms with Crippen molar-refractivity contribution in [2.24, 2.45) is 54.4 Å². The van der Waals surface area contributed by atoms with Crippen LogP contribution in [0, 0.1) is 47.3 Å². The van der Waals surface area contributed by atoms with Crippen molar-refractivity contribution < 1.29 is 96.7 Å². The number of carbonyl (C=O) groups excluding carboxylic acids is 7. The number of nitrogen functional groups attached to an aromatic ring is 1. The molecule has 1 spiro atoms. The van der Waals surface area contributed by atoms with Crippen LogP contribution < -0.4 is 48.1 Å². The van der Waals surface area contributed by atoms with E-state index < -0.39 is 101 Å². The monoisotopic (exact) mass is 1950 g/mol. The van der Waals surface area contributed by atoms with Crippen LogP contribution in [-0.4, -0.2) is 249 Å². The molecule has 10 heterocycles. The van der Waals surface area contributed by atoms with Crippen molar-refractivity contribution in [3.8, 4) is 22.5 Å². The van der Waals surface area contributed by atoms with E-state index in [2.05, 4.69) is 111 Å². The minimum atomic E-state index is -1.62. The van der Waals surface area contributed by atoms with Crippen molar-refractivity contribution in [2.45, 2.75) is 268 Å². The Morgan fingerprint density at radius 2 is 1.43 bits per heavy atom. The summed E-state index contributed by atoms with van der Waals surface area (Å²) in [6.45, 7) is 19.4. The zero-order chi connectivity index (χ0) is 96.8. The number of aryl methyl sites for hydroxylation is 1. The zero-order valence-corrected chi connectivity index (χ0v) is 81.8. The highest BCUT2D eigenvalue weighted by Gasteiger charge is 2.65. The zero-order valence-electron chi connectivity index (χ0n) is 78.6. The molecule has 13 rings (SSSR count). The highest BCUT2D eigenvalue weighted by atomic mass is 33.1. The summed E-state index contributed by atoms with van der Waals surface area (Å²) in [5, 5.41) is 67.9. The summed E-state index contributed by atoms with van der Waals surface area (Å²) in [7, 11) is 8.93. The van der Waals surface area contributed by atoms with Crippen molar-refractivity contribution in [1.82, 2.24) is 61.5 Å². The molecule has 3 aromatic carbocycles. The largest absolute Gasteiger partial charge is 0.480 e. The molecule has 736 valence electrons. The molecule has 6 amide bonds. The maximum absolute atomic E-state index is 14.3. The van der Waals surface area contributed by atoms with Gasteiger partial charge in [0, 0.05) is 148 Å². The second kappa shape index (κ2) is 46.2. The Balaban J connectivity index is 0.552. The van der Waals surface area contributed by atoms with Gasteiger partial charge in [0.15, 0.2) is 22.7 Å². The number of carboxylic acids is 2. The summed E-state index contributed by atoms with van der Waals surface area (Å²) in [6.07, 6.45) is 4.84. The van der Waals surface area contributed by atoms with E-state index in [1.54, 1.807) is 28.8 Å². The van der Waals surface area contributed by atoms with Crippen LogP contribution in [-0.2, 0) is 91.7 Å². The second-order valence-electron chi connectivity index (χ2n) is 37.9. The fourth-order valence-corrected chi connectivity index (χ4v) is 24.5. The molecule has 3 unspecified atom stereocenters. The van der Waals surface area contributed by atoms with Crippen molar-refractivity contribution in [1.29, 1.82) is 0 Å². The number of fused-ring (bicyclic) bond motifs is 6. The number of nitrogens with one attached hydrogen (secondary N) is 7. The number of aromatic nitrogens is 7. The van der Waals surface area contributed by atoms with Crippen LogP contribution in [0.25, 0.3) is 33.7 Å². The number of aliphatic hydroxyl groups excluding tert-OH is 1. The van der Waals surface area contributed by atoms with Crippen molar-refractivity contribution in [3.05, 3.63) is 106 Å². The molecule has 6 fully saturated rings. The van der Waals surface area contributed by atoms with Gasteiger partial charge >= 0.3 is 11.9 Å². The Morgan fingerprint density at radius 1 is 0.719 bits per heavy atom. The van der Waals surface area contributed by atoms with Gasteiger partial charge in [-0.05, 0) is 132 Å². The van der Waals surface area contributed by atoms with E-state index in [9.17, 15) is 68.4 Å². The lowest BCUT2D eigenvalue weighted by molar-refractivity contribution is -0.353. The number of carboxylic acid groups (broad SMARTS) is 2. The molecule has 22 atom stereocenters. The van der Waals surface area contributed by atoms with Crippen LogP contribution in [0.15, 0.2) is 83.8 Å². The predicted octanol–water partition coefficient (Wildman–Crippen LogP) is 9.72. The maximum Gasteiger partial charge on any atom is 0.327 e. The molecule has 7 aliphatic heterocycles. The Hall–Kier alpha value is -8.91. The third-order valence-electron chi connectivity index (χ3n) is 27.9. The van der Waals surface area contributed by atoms with Gasteiger partial charge in [0.2, 0.25) is 35.5 Å². The van der Waals surface area contributed by atoms with E-state index in [-0.39, 0.29) is 201 Å². The molecule has 7 aliphatic rings. The first-order valence-corrected chi connectivity index (χ1v) is 52.0. The third-order valence-corrected chi connectivity index (χ3v) is 32.8. The molecule has 0 bridgehead atoms. The van der Waals surface area contributed by atoms with Crippen LogP contribution in [0.3, 0.4) is 0 Å². The lowest BCUT2D eigenvalue weighted by atomic mass is 9.78. The molecular weight excluding hydrogens is 1820 g/mol. The first-order valence-electron chi connectivity index (χ1n) is 47.0. The number of nitrogens with two attached hydrogens (primary N) is 1. The fraction of sp³-hybridized carbons (Fsp3) is 0.632. The average molecular weight is 1950 g/mol. The lowest BCUT2D eigenvalue weighted by Gasteiger charge is -2.50. The number of hydrogen-bond donors (Lipinski definition) is 12. The number of anilines is 3. The number of amides is 6. The van der Waals surface area contributed by atoms with Crippen molar-refractivity contribution >= 4 is 125 Å². The molecule has 40 heteroatoms. The Kier molecular flexibility index (Phi) is 35.4. The third kappa shape index (κ3) is 25.2. The molecular formula is C95H131N15O21S4. The molecule has 135 heavy (non-hydrogen) atoms. The SMILES string of the molecule is CO[C@@H]1C[C@@H](C[C@H]2CC[C@H](C)C([C@@H](C)C(=O)NCCSSC[C@H](NC(=O)C(CCCNC(=O)CCSSCCNC(=O)CCC(=O)N3Cc4ccccc4-c4nnn(C)c4-c4ccccc43)CC(=O)CC[C@H](NC(=O)c3ccc(NCc4cnc5nc(N)[nH]c(=O)c5n4)cc3)C(=O)O)C(=O)O)O2)O[C@]2(O[C@@](C)(C3CC[C@@](C)([C@@H]4O[C@@H]([C@@H]5O[C@@](O)(CO)[C@H](C)C[C@@H]5C)C[C@@H]4C)O3)C[C@H]2C)[C@@H]1C. The smallest absolute Gasteiger partial charge is 0.327 e. The van der Waals surface area contributed by atoms with Crippen LogP contribution >= 0.6 is 43.2 Å². The minimum absolute atomic E-state index is 0.00310. The highest BCUT2D eigenvalue weighted by Crippen LogP contribution is 2.58. The van der Waals surface area contributed by atoms with Gasteiger partial charge in [0.05, 0.1) is 109 Å². The number of methoxy groups -OCH3 is 1. The number of ether oxygens (including phenoxy) is 7. The normalized spacial score (nSPS) is 28.5. The van der Waals surface area contributed by atoms with E-state index in [1.807, 2.05) is 69.4 Å². The number of ketones is 1. The number of carbonyl (C=O) groups is 9. The number of Topliss-reactive ketones (excluding diaryl/α,β-unsaturated/α-hetero) is 1. The van der Waals surface area contributed by atoms with Crippen molar-refractivity contribution in [2.75, 3.05) is 72.3 Å². The Labute approximate surface area is 801 Å². The first-order chi connectivity index (χ1) is 64.5. The molecule has 0 saturated carbocycles. The van der Waals surface area contributed by atoms with Crippen LogP contribution in [0.1, 0.15) is 193 Å². The van der Waals surface area contributed by atoms with Crippen LogP contribution in [0.5, 0.6) is 0 Å². The standard InChI is InChI=1S/C95H131N15O21S4/c1-52-22-28-65(44-66-45-72(125-11)58(7)95(128-66)56(5)46-93(9,131-95)74-32-34-92(8,129-74)83-54(3)42-73(127-83)82-53(2)41-55(4)94(124,51-111)130-82)126-81(52)57(6)85(116)99-37-40-134-135-50-70(90(122)123)104-87(118)60(43-64(112)27-29-69(89(120)121)103-86(117)59-23-25-62(26-24-59)100-47-63-48-101-84-79(102-63)88(119)106-91(96)105-84)18-16-35-97-76(114)33-38-132-133-39-36-98-75(113)30-31-77(115)110-49-61-17-12-13-19-67(61)78-80(109(10)108-107-78)68-20-14-15-21-71(68)110/h12-15,17,19-21,23-26,48,52-58,60,65-66,69-70,72-74,81-83,100,111,124H,16,18,22,27-47,49-51H2,1-11H3,(H,97,114)(H,98,113)(H,99,116)(H,103,117)(H,104,118)(H,120,121)(H,122,123)(H3,96,101,105,106,119)/t52-,53-,54-,55+,56+,57+,58+,60?,65+,66+,69-,70-,72+,73+,74?,81?,82+,83+,92-,93+,94-,95+/m0/s1. The van der Waals surface area contributed by atoms with Gasteiger partial charge in [-0.1, -0.05) is 139 Å². The van der Waals surface area contributed by atoms with Crippen LogP contribution in [0.4, 0.5) is 17.3 Å². The number of aromatic amines is 1. The number of nitrogens with zero attached hydrogens (tertiary/aromatic N) is 7. The number of aliphatic hydroxyl groups is 2. The van der Waals surface area contributed by atoms with E-state index >= 15 is 0 Å². The summed E-state index contributed by atoms with van der Waals surface area (Å²) >= 11 is 0. The summed E-state index contributed by atoms with van der Waals surface area (Å²) in [6, 6.07) is 18.4. The quantitative estimate of drug-likeness (QED) is 0.0125. The molecule has 3 aromatic heterocycles. The molecule has 13 N–H and O–H groups in total. The average Bonchev–Trinajstić information content (AvgIpc) is 1.53. The van der Waals surface area contributed by atoms with Crippen molar-refractivity contribution in [3.63, 3.8) is 0 Å². The summed E-state index contributed by atoms with van der Waals surface area (Å²) < 4.78 is 49.9. The minimum Gasteiger partial charge on any atom is -0.480 e. The van der Waals surface area contributed by atoms with Gasteiger partial charge in [-0.2, -0.15) is 4.98 Å². The highest BCUT2D eigenvalue weighted by molar-refractivity contribution is 8.77. The van der Waals surface area contributed by atoms with E-state index in [0.29, 0.717) is 66.6 Å². The number of rotatable bonds is 43. The Morgan fingerprint density at radius 3 is 2.18 bits per heavy atom. The van der Waals surface area contributed by atoms with E-state index in [4.69, 9.17) is 38.9 Å². The maximum atomic E-state index is 14.3. The van der Waals surface area contributed by atoms with Gasteiger partial charge in [-0.3, -0.25) is 43.3 Å². The molecule has 6 saturated heterocycles.